The van der Waals surface area contributed by atoms with Gasteiger partial charge in [-0.3, -0.25) is 0 Å². The van der Waals surface area contributed by atoms with Gasteiger partial charge in [-0.15, -0.1) is 0 Å². The molecule has 98 valence electrons. The molecule has 2 saturated heterocycles. The minimum Gasteiger partial charge on any atom is -0.385 e. The molecule has 2 unspecified atom stereocenters. The van der Waals surface area contributed by atoms with Crippen LogP contribution in [0.3, 0.4) is 0 Å². The molecule has 2 aliphatic rings. The Morgan fingerprint density at radius 2 is 1.94 bits per heavy atom. The molecule has 0 saturated carbocycles. The van der Waals surface area contributed by atoms with Gasteiger partial charge in [0.2, 0.25) is 5.95 Å². The Hall–Kier alpha value is -1.01. The third kappa shape index (κ3) is 1.59. The molecule has 1 aromatic heterocycles. The number of aliphatic hydroxyl groups is 1. The molecule has 0 spiro atoms. The summed E-state index contributed by atoms with van der Waals surface area (Å²) < 4.78 is 37.6. The highest BCUT2D eigenvalue weighted by Crippen LogP contribution is 2.47. The number of halogens is 1. The van der Waals surface area contributed by atoms with Crippen LogP contribution in [0.5, 0.6) is 0 Å². The molecular formula is C12H14FNO3S. The van der Waals surface area contributed by atoms with E-state index < -0.39 is 31.9 Å². The van der Waals surface area contributed by atoms with Crippen molar-refractivity contribution < 1.29 is 17.9 Å². The van der Waals surface area contributed by atoms with Gasteiger partial charge in [-0.25, -0.2) is 13.4 Å². The SMILES string of the molecule is O=S1(=O)C2CCC1CC(O)(c1cccnc1F)C2. The molecule has 1 N–H and O–H groups in total. The quantitative estimate of drug-likeness (QED) is 0.778. The Labute approximate surface area is 105 Å². The Bertz CT molecular complexity index is 567. The highest BCUT2D eigenvalue weighted by atomic mass is 32.2. The number of sulfone groups is 1. The third-order valence-corrected chi connectivity index (χ3v) is 6.79. The van der Waals surface area contributed by atoms with Crippen LogP contribution in [0.4, 0.5) is 4.39 Å². The molecule has 0 amide bonds. The maximum absolute atomic E-state index is 13.7. The number of hydrogen-bond acceptors (Lipinski definition) is 4. The molecular weight excluding hydrogens is 257 g/mol. The van der Waals surface area contributed by atoms with Crippen molar-refractivity contribution in [1.82, 2.24) is 4.98 Å². The maximum Gasteiger partial charge on any atom is 0.218 e. The average Bonchev–Trinajstić information content (AvgIpc) is 2.51. The number of aromatic nitrogens is 1. The molecule has 18 heavy (non-hydrogen) atoms. The second-order valence-corrected chi connectivity index (χ2v) is 7.70. The van der Waals surface area contributed by atoms with Gasteiger partial charge in [0.05, 0.1) is 16.1 Å². The molecule has 1 aromatic rings. The van der Waals surface area contributed by atoms with E-state index in [0.717, 1.165) is 0 Å². The Morgan fingerprint density at radius 1 is 1.33 bits per heavy atom. The van der Waals surface area contributed by atoms with Crippen LogP contribution in [-0.2, 0) is 15.4 Å². The predicted molar refractivity (Wildman–Crippen MR) is 63.1 cm³/mol. The second kappa shape index (κ2) is 3.74. The van der Waals surface area contributed by atoms with Crippen molar-refractivity contribution in [3.8, 4) is 0 Å². The zero-order valence-corrected chi connectivity index (χ0v) is 10.5. The Balaban J connectivity index is 2.03. The summed E-state index contributed by atoms with van der Waals surface area (Å²) in [4.78, 5) is 3.53. The van der Waals surface area contributed by atoms with Gasteiger partial charge in [-0.05, 0) is 31.7 Å². The maximum atomic E-state index is 13.7. The average molecular weight is 271 g/mol. The Kier molecular flexibility index (Phi) is 2.50. The van der Waals surface area contributed by atoms with Gasteiger partial charge in [0, 0.05) is 11.8 Å². The van der Waals surface area contributed by atoms with E-state index in [4.69, 9.17) is 0 Å². The summed E-state index contributed by atoms with van der Waals surface area (Å²) in [5.41, 5.74) is -1.27. The number of pyridine rings is 1. The van der Waals surface area contributed by atoms with E-state index >= 15 is 0 Å². The zero-order chi connectivity index (χ0) is 13.0. The van der Waals surface area contributed by atoms with Gasteiger partial charge in [0.15, 0.2) is 9.84 Å². The van der Waals surface area contributed by atoms with Crippen molar-refractivity contribution in [3.05, 3.63) is 29.8 Å². The van der Waals surface area contributed by atoms with Gasteiger partial charge in [-0.1, -0.05) is 6.07 Å². The first kappa shape index (κ1) is 12.0. The van der Waals surface area contributed by atoms with Crippen LogP contribution >= 0.6 is 0 Å². The molecule has 3 rings (SSSR count). The van der Waals surface area contributed by atoms with Gasteiger partial charge in [0.1, 0.15) is 0 Å². The fourth-order valence-corrected chi connectivity index (χ4v) is 5.69. The molecule has 3 heterocycles. The minimum absolute atomic E-state index is 0.0778. The molecule has 2 aliphatic heterocycles. The molecule has 2 bridgehead atoms. The van der Waals surface area contributed by atoms with Gasteiger partial charge in [0.25, 0.3) is 0 Å². The fourth-order valence-electron chi connectivity index (χ4n) is 3.20. The van der Waals surface area contributed by atoms with Crippen molar-refractivity contribution in [3.63, 3.8) is 0 Å². The van der Waals surface area contributed by atoms with Crippen LogP contribution in [0.15, 0.2) is 18.3 Å². The topological polar surface area (TPSA) is 67.3 Å². The molecule has 4 nitrogen and oxygen atoms in total. The van der Waals surface area contributed by atoms with Crippen LogP contribution in [0, 0.1) is 5.95 Å². The van der Waals surface area contributed by atoms with Crippen LogP contribution in [0.2, 0.25) is 0 Å². The van der Waals surface area contributed by atoms with Gasteiger partial charge in [-0.2, -0.15) is 4.39 Å². The largest absolute Gasteiger partial charge is 0.385 e. The van der Waals surface area contributed by atoms with E-state index in [-0.39, 0.29) is 18.4 Å². The van der Waals surface area contributed by atoms with Crippen molar-refractivity contribution in [2.24, 2.45) is 0 Å². The summed E-state index contributed by atoms with van der Waals surface area (Å²) >= 11 is 0. The fraction of sp³-hybridized carbons (Fsp3) is 0.583. The van der Waals surface area contributed by atoms with E-state index in [1.54, 1.807) is 6.07 Å². The lowest BCUT2D eigenvalue weighted by molar-refractivity contribution is 0.0132. The highest BCUT2D eigenvalue weighted by molar-refractivity contribution is 7.93. The molecule has 2 atom stereocenters. The summed E-state index contributed by atoms with van der Waals surface area (Å²) in [6.07, 6.45) is 2.60. The standard InChI is InChI=1S/C12H14FNO3S/c13-11-10(2-1-5-14-11)12(15)6-8-3-4-9(7-12)18(8,16)17/h1-2,5,8-9,15H,3-4,6-7H2. The highest BCUT2D eigenvalue weighted by Gasteiger charge is 2.53. The first-order chi connectivity index (χ1) is 8.43. The molecule has 0 radical (unpaired) electrons. The first-order valence-corrected chi connectivity index (χ1v) is 7.60. The van der Waals surface area contributed by atoms with Crippen LogP contribution in [0.1, 0.15) is 31.2 Å². The van der Waals surface area contributed by atoms with E-state index in [1.165, 1.54) is 12.3 Å². The Morgan fingerprint density at radius 3 is 2.50 bits per heavy atom. The predicted octanol–water partition coefficient (Wildman–Crippen LogP) is 1.15. The first-order valence-electron chi connectivity index (χ1n) is 5.99. The minimum atomic E-state index is -3.12. The summed E-state index contributed by atoms with van der Waals surface area (Å²) in [6.45, 7) is 0. The lowest BCUT2D eigenvalue weighted by Gasteiger charge is -2.36. The van der Waals surface area contributed by atoms with Crippen LogP contribution in [0.25, 0.3) is 0 Å². The number of hydrogen-bond donors (Lipinski definition) is 1. The lowest BCUT2D eigenvalue weighted by atomic mass is 9.86. The third-order valence-electron chi connectivity index (χ3n) is 4.13. The number of rotatable bonds is 1. The molecule has 0 aliphatic carbocycles. The van der Waals surface area contributed by atoms with Crippen molar-refractivity contribution >= 4 is 9.84 Å². The summed E-state index contributed by atoms with van der Waals surface area (Å²) in [5, 5.41) is 9.51. The van der Waals surface area contributed by atoms with Crippen LogP contribution in [-0.4, -0.2) is 29.0 Å². The lowest BCUT2D eigenvalue weighted by Crippen LogP contribution is -2.43. The van der Waals surface area contributed by atoms with Gasteiger partial charge < -0.3 is 5.11 Å². The second-order valence-electron chi connectivity index (χ2n) is 5.19. The monoisotopic (exact) mass is 271 g/mol. The number of fused-ring (bicyclic) bond motifs is 2. The summed E-state index contributed by atoms with van der Waals surface area (Å²) in [6, 6.07) is 3.04. The van der Waals surface area contributed by atoms with E-state index in [0.29, 0.717) is 12.8 Å². The summed E-state index contributed by atoms with van der Waals surface area (Å²) in [5.74, 6) is -0.710. The van der Waals surface area contributed by atoms with E-state index in [9.17, 15) is 17.9 Å². The molecule has 0 aromatic carbocycles. The smallest absolute Gasteiger partial charge is 0.218 e. The van der Waals surface area contributed by atoms with E-state index in [2.05, 4.69) is 4.98 Å². The molecule has 2 fully saturated rings. The normalized spacial score (nSPS) is 37.7. The van der Waals surface area contributed by atoms with Crippen molar-refractivity contribution in [1.29, 1.82) is 0 Å². The van der Waals surface area contributed by atoms with Crippen molar-refractivity contribution in [2.75, 3.05) is 0 Å². The molecule has 6 heteroatoms. The number of nitrogens with zero attached hydrogens (tertiary/aromatic N) is 1. The summed E-state index contributed by atoms with van der Waals surface area (Å²) in [7, 11) is -3.12. The van der Waals surface area contributed by atoms with Crippen LogP contribution < -0.4 is 0 Å². The van der Waals surface area contributed by atoms with Crippen molar-refractivity contribution in [2.45, 2.75) is 41.8 Å². The van der Waals surface area contributed by atoms with Gasteiger partial charge >= 0.3 is 0 Å². The van der Waals surface area contributed by atoms with E-state index in [1.807, 2.05) is 0 Å². The zero-order valence-electron chi connectivity index (χ0n) is 9.71.